The van der Waals surface area contributed by atoms with Gasteiger partial charge in [-0.1, -0.05) is 42.5 Å². The van der Waals surface area contributed by atoms with Gasteiger partial charge in [-0.2, -0.15) is 0 Å². The van der Waals surface area contributed by atoms with Gasteiger partial charge in [-0.05, 0) is 23.8 Å². The van der Waals surface area contributed by atoms with Gasteiger partial charge in [0, 0.05) is 16.8 Å². The second kappa shape index (κ2) is 6.66. The number of ketones is 2. The average molecular weight is 447 g/mol. The number of carbonyl (C=O) groups is 5. The zero-order valence-electron chi connectivity index (χ0n) is 16.1. The average Bonchev–Trinajstić information content (AvgIpc) is 3.04. The Balaban J connectivity index is 1.90. The molecule has 158 valence electrons. The number of aliphatic hydroxyl groups is 1. The predicted octanol–water partition coefficient (Wildman–Crippen LogP) is 0.758. The Morgan fingerprint density at radius 2 is 1.38 bits per heavy atom. The van der Waals surface area contributed by atoms with E-state index in [-0.39, 0.29) is 27.5 Å². The van der Waals surface area contributed by atoms with Gasteiger partial charge < -0.3 is 21.1 Å². The largest absolute Gasteiger partial charge is 0.507 e. The Kier molecular flexibility index (Phi) is 4.11. The summed E-state index contributed by atoms with van der Waals surface area (Å²) in [6, 6.07) is 12.0. The molecule has 1 unspecified atom stereocenters. The van der Waals surface area contributed by atoms with Crippen molar-refractivity contribution < 1.29 is 29.1 Å². The van der Waals surface area contributed by atoms with E-state index in [2.05, 4.69) is 16.0 Å². The first kappa shape index (κ1) is 19.8. The fourth-order valence-corrected chi connectivity index (χ4v) is 4.80. The molecule has 2 aromatic carbocycles. The highest BCUT2D eigenvalue weighted by Gasteiger charge is 2.65. The molecule has 1 fully saturated rings. The molecule has 0 aromatic heterocycles. The SMILES string of the molecule is O=C1C(=O)c2ccccc2C(O)=C1C1(C2C(=O)NC(=S)NC2=O)C(=O)Nc2ccccc21. The number of hydrogen-bond acceptors (Lipinski definition) is 7. The standard InChI is InChI=1S/C22H13N3O6S/c26-15-9-5-1-2-6-10(9)16(27)17(28)13(15)22(14-18(29)24-21(32)25-19(14)30)11-7-3-4-8-12(11)23-20(22)31/h1-8,14,26H,(H,23,31)(H2,24,25,29,30,32). The van der Waals surface area contributed by atoms with Crippen molar-refractivity contribution in [2.45, 2.75) is 5.41 Å². The maximum absolute atomic E-state index is 13.5. The molecule has 1 aliphatic carbocycles. The van der Waals surface area contributed by atoms with E-state index in [1.54, 1.807) is 18.2 Å². The topological polar surface area (TPSA) is 142 Å². The molecule has 3 aliphatic rings. The van der Waals surface area contributed by atoms with E-state index < -0.39 is 52.0 Å². The minimum Gasteiger partial charge on any atom is -0.507 e. The lowest BCUT2D eigenvalue weighted by Gasteiger charge is -2.38. The van der Waals surface area contributed by atoms with Gasteiger partial charge in [-0.15, -0.1) is 0 Å². The van der Waals surface area contributed by atoms with Crippen molar-refractivity contribution in [3.05, 3.63) is 70.8 Å². The van der Waals surface area contributed by atoms with Gasteiger partial charge in [0.05, 0.1) is 5.57 Å². The lowest BCUT2D eigenvalue weighted by molar-refractivity contribution is -0.142. The third-order valence-corrected chi connectivity index (χ3v) is 6.08. The molecule has 10 heteroatoms. The molecule has 3 amide bonds. The minimum atomic E-state index is -2.30. The summed E-state index contributed by atoms with van der Waals surface area (Å²) < 4.78 is 0. The zero-order chi connectivity index (χ0) is 22.8. The first-order valence-electron chi connectivity index (χ1n) is 9.47. The molecule has 0 saturated carbocycles. The quantitative estimate of drug-likeness (QED) is 0.302. The van der Waals surface area contributed by atoms with Crippen molar-refractivity contribution in [1.29, 1.82) is 0 Å². The summed E-state index contributed by atoms with van der Waals surface area (Å²) >= 11 is 4.86. The highest BCUT2D eigenvalue weighted by molar-refractivity contribution is 7.80. The maximum atomic E-state index is 13.5. The number of fused-ring (bicyclic) bond motifs is 2. The molecule has 0 bridgehead atoms. The molecule has 32 heavy (non-hydrogen) atoms. The first-order chi connectivity index (χ1) is 15.3. The van der Waals surface area contributed by atoms with Crippen LogP contribution in [0.2, 0.25) is 0 Å². The van der Waals surface area contributed by atoms with E-state index in [1.165, 1.54) is 30.3 Å². The van der Waals surface area contributed by atoms with Gasteiger partial charge in [-0.25, -0.2) is 0 Å². The van der Waals surface area contributed by atoms with Crippen LogP contribution < -0.4 is 16.0 Å². The number of para-hydroxylation sites is 1. The Morgan fingerprint density at radius 3 is 2.06 bits per heavy atom. The number of Topliss-reactive ketones (excluding diaryl/α,β-unsaturated/α-hetero) is 2. The summed E-state index contributed by atoms with van der Waals surface area (Å²) in [6.45, 7) is 0. The second-order valence-electron chi connectivity index (χ2n) is 7.48. The van der Waals surface area contributed by atoms with Gasteiger partial charge in [0.15, 0.2) is 5.11 Å². The van der Waals surface area contributed by atoms with Crippen LogP contribution in [-0.4, -0.2) is 39.5 Å². The summed E-state index contributed by atoms with van der Waals surface area (Å²) in [7, 11) is 0. The monoisotopic (exact) mass is 447 g/mol. The molecule has 5 rings (SSSR count). The van der Waals surface area contributed by atoms with Crippen LogP contribution in [0.25, 0.3) is 5.76 Å². The van der Waals surface area contributed by atoms with Crippen molar-refractivity contribution in [3.8, 4) is 0 Å². The molecular formula is C22H13N3O6S. The number of aliphatic hydroxyl groups excluding tert-OH is 1. The molecule has 2 aromatic rings. The number of carbonyl (C=O) groups excluding carboxylic acids is 5. The van der Waals surface area contributed by atoms with Crippen LogP contribution in [0, 0.1) is 5.92 Å². The van der Waals surface area contributed by atoms with Crippen LogP contribution in [0.4, 0.5) is 5.69 Å². The van der Waals surface area contributed by atoms with Gasteiger partial charge in [0.25, 0.3) is 0 Å². The molecular weight excluding hydrogens is 434 g/mol. The number of benzene rings is 2. The van der Waals surface area contributed by atoms with Crippen molar-refractivity contribution in [2.24, 2.45) is 5.92 Å². The summed E-state index contributed by atoms with van der Waals surface area (Å²) in [6.07, 6.45) is 0. The summed E-state index contributed by atoms with van der Waals surface area (Å²) in [5, 5.41) is 18.1. The van der Waals surface area contributed by atoms with E-state index in [9.17, 15) is 29.1 Å². The van der Waals surface area contributed by atoms with E-state index >= 15 is 0 Å². The molecule has 2 heterocycles. The molecule has 1 saturated heterocycles. The molecule has 0 radical (unpaired) electrons. The Labute approximate surface area is 185 Å². The van der Waals surface area contributed by atoms with E-state index in [1.807, 2.05) is 0 Å². The van der Waals surface area contributed by atoms with Crippen LogP contribution >= 0.6 is 12.2 Å². The molecule has 2 aliphatic heterocycles. The number of hydrogen-bond donors (Lipinski definition) is 4. The van der Waals surface area contributed by atoms with Crippen LogP contribution in [0.1, 0.15) is 21.5 Å². The summed E-state index contributed by atoms with van der Waals surface area (Å²) in [5.41, 5.74) is -2.60. The second-order valence-corrected chi connectivity index (χ2v) is 7.88. The Morgan fingerprint density at radius 1 is 0.781 bits per heavy atom. The minimum absolute atomic E-state index is 0.0239. The van der Waals surface area contributed by atoms with Crippen molar-refractivity contribution in [2.75, 3.05) is 5.32 Å². The van der Waals surface area contributed by atoms with Crippen LogP contribution in [0.3, 0.4) is 0 Å². The lowest BCUT2D eigenvalue weighted by atomic mass is 9.61. The van der Waals surface area contributed by atoms with Crippen molar-refractivity contribution >= 4 is 58.1 Å². The van der Waals surface area contributed by atoms with Gasteiger partial charge in [-0.3, -0.25) is 24.0 Å². The number of nitrogens with one attached hydrogen (secondary N) is 3. The highest BCUT2D eigenvalue weighted by Crippen LogP contribution is 2.52. The fourth-order valence-electron chi connectivity index (χ4n) is 4.60. The highest BCUT2D eigenvalue weighted by atomic mass is 32.1. The lowest BCUT2D eigenvalue weighted by Crippen LogP contribution is -2.64. The van der Waals surface area contributed by atoms with E-state index in [0.717, 1.165) is 0 Å². The number of anilines is 1. The van der Waals surface area contributed by atoms with Crippen molar-refractivity contribution in [3.63, 3.8) is 0 Å². The Bertz CT molecular complexity index is 1330. The van der Waals surface area contributed by atoms with Crippen LogP contribution in [0.5, 0.6) is 0 Å². The molecule has 1 atom stereocenters. The number of thiocarbonyl (C=S) groups is 1. The molecule has 0 spiro atoms. The fraction of sp³-hybridized carbons (Fsp3) is 0.0909. The number of rotatable bonds is 2. The normalized spacial score (nSPS) is 22.9. The maximum Gasteiger partial charge on any atom is 0.241 e. The van der Waals surface area contributed by atoms with E-state index in [4.69, 9.17) is 12.2 Å². The zero-order valence-corrected chi connectivity index (χ0v) is 16.9. The van der Waals surface area contributed by atoms with Crippen molar-refractivity contribution in [1.82, 2.24) is 10.6 Å². The molecule has 9 nitrogen and oxygen atoms in total. The first-order valence-corrected chi connectivity index (χ1v) is 9.88. The smallest absolute Gasteiger partial charge is 0.241 e. The van der Waals surface area contributed by atoms with Crippen LogP contribution in [-0.2, 0) is 24.6 Å². The summed E-state index contributed by atoms with van der Waals surface area (Å²) in [4.78, 5) is 65.8. The number of amides is 3. The van der Waals surface area contributed by atoms with Crippen LogP contribution in [0.15, 0.2) is 54.1 Å². The van der Waals surface area contributed by atoms with E-state index in [0.29, 0.717) is 0 Å². The molecule has 4 N–H and O–H groups in total. The third kappa shape index (κ3) is 2.38. The van der Waals surface area contributed by atoms with Gasteiger partial charge in [0.1, 0.15) is 17.1 Å². The predicted molar refractivity (Wildman–Crippen MR) is 114 cm³/mol. The third-order valence-electron chi connectivity index (χ3n) is 5.88. The summed E-state index contributed by atoms with van der Waals surface area (Å²) in [5.74, 6) is -7.39. The van der Waals surface area contributed by atoms with Gasteiger partial charge >= 0.3 is 0 Å². The Hall–Kier alpha value is -4.18. The van der Waals surface area contributed by atoms with Gasteiger partial charge in [0.2, 0.25) is 29.3 Å².